The molecule has 1 aromatic carbocycles. The zero-order chi connectivity index (χ0) is 14.6. The molecule has 0 amide bonds. The number of benzene rings is 1. The minimum Gasteiger partial charge on any atom is -0.493 e. The van der Waals surface area contributed by atoms with Gasteiger partial charge in [0, 0.05) is 24.1 Å². The van der Waals surface area contributed by atoms with Gasteiger partial charge in [-0.1, -0.05) is 0 Å². The fraction of sp³-hybridized carbons (Fsp3) is 0.462. The molecule has 2 N–H and O–H groups in total. The lowest BCUT2D eigenvalue weighted by atomic mass is 9.98. The number of nitrogens with two attached hydrogens (primary N) is 1. The van der Waals surface area contributed by atoms with Gasteiger partial charge in [0.1, 0.15) is 5.75 Å². The first-order valence-electron chi connectivity index (χ1n) is 6.35. The van der Waals surface area contributed by atoms with Crippen molar-refractivity contribution in [2.45, 2.75) is 12.3 Å². The lowest BCUT2D eigenvalue weighted by Crippen LogP contribution is -2.07. The zero-order valence-corrected chi connectivity index (χ0v) is 14.1. The summed E-state index contributed by atoms with van der Waals surface area (Å²) in [6.07, 6.45) is 3.98. The van der Waals surface area contributed by atoms with E-state index in [0.29, 0.717) is 18.9 Å². The van der Waals surface area contributed by atoms with Gasteiger partial charge in [-0.15, -0.1) is 12.4 Å². The molecule has 2 rings (SSSR count). The predicted molar refractivity (Wildman–Crippen MR) is 91.1 cm³/mol. The van der Waals surface area contributed by atoms with Crippen molar-refractivity contribution < 1.29 is 13.2 Å². The van der Waals surface area contributed by atoms with Gasteiger partial charge in [-0.2, -0.15) is 0 Å². The van der Waals surface area contributed by atoms with Gasteiger partial charge in [0.25, 0.3) is 0 Å². The Kier molecular flexibility index (Phi) is 6.99. The molecule has 0 aliphatic carbocycles. The number of fused-ring (bicyclic) bond motifs is 1. The Morgan fingerprint density at radius 1 is 1.43 bits per heavy atom. The van der Waals surface area contributed by atoms with E-state index in [-0.39, 0.29) is 18.3 Å². The molecule has 0 saturated heterocycles. The van der Waals surface area contributed by atoms with E-state index < -0.39 is 8.87 Å². The fourth-order valence-electron chi connectivity index (χ4n) is 2.04. The summed E-state index contributed by atoms with van der Waals surface area (Å²) >= 11 is 0. The van der Waals surface area contributed by atoms with Crippen molar-refractivity contribution in [2.75, 3.05) is 25.2 Å². The molecule has 1 unspecified atom stereocenters. The molecular formula is C13H19ClN2O3S2. The van der Waals surface area contributed by atoms with Gasteiger partial charge in [-0.05, 0) is 47.5 Å². The van der Waals surface area contributed by atoms with Crippen molar-refractivity contribution in [3.8, 4) is 5.75 Å². The lowest BCUT2D eigenvalue weighted by Gasteiger charge is -2.11. The van der Waals surface area contributed by atoms with E-state index in [0.717, 1.165) is 34.2 Å². The smallest absolute Gasteiger partial charge is 0.198 e. The predicted octanol–water partition coefficient (Wildman–Crippen LogP) is 2.33. The molecule has 5 nitrogen and oxygen atoms in total. The molecule has 0 radical (unpaired) electrons. The maximum absolute atomic E-state index is 11.0. The van der Waals surface area contributed by atoms with Crippen LogP contribution in [0.5, 0.6) is 5.75 Å². The van der Waals surface area contributed by atoms with Gasteiger partial charge < -0.3 is 10.5 Å². The topological polar surface area (TPSA) is 81.8 Å². The summed E-state index contributed by atoms with van der Waals surface area (Å²) in [6.45, 7) is 0.977. The SMILES string of the molecule is CS(=O)(=O)SCCOc1ccc2c(c1)C(CCN)C=N2.Cl. The molecule has 21 heavy (non-hydrogen) atoms. The number of nitrogens with zero attached hydrogens (tertiary/aromatic N) is 1. The number of hydrogen-bond donors (Lipinski definition) is 1. The molecule has 0 aromatic heterocycles. The Morgan fingerprint density at radius 2 is 2.19 bits per heavy atom. The van der Waals surface area contributed by atoms with Gasteiger partial charge in [0.15, 0.2) is 8.87 Å². The zero-order valence-electron chi connectivity index (χ0n) is 11.7. The normalized spacial score (nSPS) is 16.4. The van der Waals surface area contributed by atoms with E-state index in [1.54, 1.807) is 0 Å². The van der Waals surface area contributed by atoms with Crippen molar-refractivity contribution in [2.24, 2.45) is 10.7 Å². The average molecular weight is 351 g/mol. The Bertz CT molecular complexity index is 605. The second-order valence-corrected chi connectivity index (χ2v) is 9.13. The van der Waals surface area contributed by atoms with E-state index in [1.165, 1.54) is 6.26 Å². The number of ether oxygens (including phenoxy) is 1. The molecule has 0 bridgehead atoms. The van der Waals surface area contributed by atoms with Crippen LogP contribution in [0.25, 0.3) is 0 Å². The van der Waals surface area contributed by atoms with Gasteiger partial charge >= 0.3 is 0 Å². The van der Waals surface area contributed by atoms with Crippen LogP contribution < -0.4 is 10.5 Å². The summed E-state index contributed by atoms with van der Waals surface area (Å²) < 4.78 is 27.6. The Hall–Kier alpha value is -0.760. The van der Waals surface area contributed by atoms with Crippen LogP contribution in [-0.4, -0.2) is 39.8 Å². The first kappa shape index (κ1) is 18.3. The highest BCUT2D eigenvalue weighted by atomic mass is 35.5. The average Bonchev–Trinajstić information content (AvgIpc) is 2.77. The van der Waals surface area contributed by atoms with Crippen molar-refractivity contribution in [1.29, 1.82) is 0 Å². The van der Waals surface area contributed by atoms with Crippen LogP contribution in [0.1, 0.15) is 17.9 Å². The Balaban J connectivity index is 0.00000220. The van der Waals surface area contributed by atoms with E-state index in [2.05, 4.69) is 4.99 Å². The fourth-order valence-corrected chi connectivity index (χ4v) is 3.61. The third-order valence-electron chi connectivity index (χ3n) is 2.92. The summed E-state index contributed by atoms with van der Waals surface area (Å²) in [5.74, 6) is 1.41. The lowest BCUT2D eigenvalue weighted by molar-refractivity contribution is 0.344. The van der Waals surface area contributed by atoms with E-state index in [1.807, 2.05) is 24.4 Å². The highest BCUT2D eigenvalue weighted by Crippen LogP contribution is 2.36. The molecule has 0 saturated carbocycles. The standard InChI is InChI=1S/C13H18N2O3S2.ClH/c1-20(16,17)19-7-6-18-11-2-3-13-12(8-11)10(4-5-14)9-15-13;/h2-3,8-10H,4-7,14H2,1H3;1H. The van der Waals surface area contributed by atoms with Crippen molar-refractivity contribution >= 4 is 44.0 Å². The molecular weight excluding hydrogens is 332 g/mol. The molecule has 1 aliphatic heterocycles. The van der Waals surface area contributed by atoms with Gasteiger partial charge in [0.05, 0.1) is 12.3 Å². The minimum absolute atomic E-state index is 0. The number of hydrogen-bond acceptors (Lipinski definition) is 6. The summed E-state index contributed by atoms with van der Waals surface area (Å²) in [6, 6.07) is 5.74. The maximum Gasteiger partial charge on any atom is 0.198 e. The highest BCUT2D eigenvalue weighted by molar-refractivity contribution is 8.71. The number of aliphatic imine (C=N–C) groups is 1. The molecule has 118 valence electrons. The highest BCUT2D eigenvalue weighted by Gasteiger charge is 2.18. The van der Waals surface area contributed by atoms with E-state index >= 15 is 0 Å². The second-order valence-electron chi connectivity index (χ2n) is 4.56. The van der Waals surface area contributed by atoms with Crippen molar-refractivity contribution in [3.05, 3.63) is 23.8 Å². The van der Waals surface area contributed by atoms with Gasteiger partial charge in [-0.3, -0.25) is 4.99 Å². The summed E-state index contributed by atoms with van der Waals surface area (Å²) in [4.78, 5) is 4.35. The van der Waals surface area contributed by atoms with Crippen molar-refractivity contribution in [1.82, 2.24) is 0 Å². The van der Waals surface area contributed by atoms with Crippen LogP contribution in [0.2, 0.25) is 0 Å². The summed E-state index contributed by atoms with van der Waals surface area (Å²) in [7, 11) is -2.11. The summed E-state index contributed by atoms with van der Waals surface area (Å²) in [5.41, 5.74) is 7.68. The molecule has 8 heteroatoms. The minimum atomic E-state index is -3.00. The first-order valence-corrected chi connectivity index (χ1v) is 9.74. The van der Waals surface area contributed by atoms with E-state index in [9.17, 15) is 8.42 Å². The van der Waals surface area contributed by atoms with Crippen molar-refractivity contribution in [3.63, 3.8) is 0 Å². The Labute approximate surface area is 135 Å². The van der Waals surface area contributed by atoms with Gasteiger partial charge in [-0.25, -0.2) is 8.42 Å². The molecule has 1 aliphatic rings. The molecule has 0 fully saturated rings. The molecule has 1 atom stereocenters. The first-order chi connectivity index (χ1) is 9.49. The maximum atomic E-state index is 11.0. The number of rotatable bonds is 7. The Morgan fingerprint density at radius 3 is 2.86 bits per heavy atom. The largest absolute Gasteiger partial charge is 0.493 e. The second kappa shape index (κ2) is 8.03. The summed E-state index contributed by atoms with van der Waals surface area (Å²) in [5, 5.41) is 0. The third kappa shape index (κ3) is 5.50. The van der Waals surface area contributed by atoms with E-state index in [4.69, 9.17) is 10.5 Å². The van der Waals surface area contributed by atoms with Crippen LogP contribution in [0.15, 0.2) is 23.2 Å². The third-order valence-corrected chi connectivity index (χ3v) is 5.47. The molecule has 0 spiro atoms. The monoisotopic (exact) mass is 350 g/mol. The molecule has 1 heterocycles. The van der Waals surface area contributed by atoms with Gasteiger partial charge in [0.2, 0.25) is 0 Å². The van der Waals surface area contributed by atoms with Crippen LogP contribution in [0.3, 0.4) is 0 Å². The van der Waals surface area contributed by atoms with Crippen LogP contribution >= 0.6 is 23.2 Å². The quantitative estimate of drug-likeness (QED) is 0.603. The number of halogens is 1. The van der Waals surface area contributed by atoms with Crippen LogP contribution in [-0.2, 0) is 8.87 Å². The molecule has 1 aromatic rings. The van der Waals surface area contributed by atoms with Crippen LogP contribution in [0, 0.1) is 0 Å². The van der Waals surface area contributed by atoms with Crippen LogP contribution in [0.4, 0.5) is 5.69 Å².